The second-order valence-corrected chi connectivity index (χ2v) is 6.50. The maximum Gasteiger partial charge on any atom is 0.277 e. The molecule has 0 N–H and O–H groups in total. The molecule has 3 rings (SSSR count). The fourth-order valence-corrected chi connectivity index (χ4v) is 3.28. The molecule has 1 amide bonds. The van der Waals surface area contributed by atoms with Crippen LogP contribution in [0, 0.1) is 0 Å². The van der Waals surface area contributed by atoms with Crippen LogP contribution in [0.2, 0.25) is 0 Å². The van der Waals surface area contributed by atoms with Crippen molar-refractivity contribution in [3.8, 4) is 28.7 Å². The minimum atomic E-state index is 0.0239. The molecule has 0 aliphatic carbocycles. The summed E-state index contributed by atoms with van der Waals surface area (Å²) in [7, 11) is 4.60. The average molecular weight is 395 g/mol. The van der Waals surface area contributed by atoms with E-state index in [1.54, 1.807) is 17.0 Å². The van der Waals surface area contributed by atoms with Crippen molar-refractivity contribution in [3.05, 3.63) is 12.1 Å². The fourth-order valence-electron chi connectivity index (χ4n) is 2.62. The summed E-state index contributed by atoms with van der Waals surface area (Å²) in [5.74, 6) is 2.01. The molecule has 0 bridgehead atoms. The van der Waals surface area contributed by atoms with Crippen molar-refractivity contribution in [2.75, 3.05) is 53.4 Å². The largest absolute Gasteiger partial charge is 0.493 e. The predicted molar refractivity (Wildman–Crippen MR) is 97.5 cm³/mol. The Balaban J connectivity index is 1.71. The Bertz CT molecular complexity index is 766. The molecule has 0 unspecified atom stereocenters. The van der Waals surface area contributed by atoms with Crippen LogP contribution in [-0.2, 0) is 9.53 Å². The van der Waals surface area contributed by atoms with Gasteiger partial charge in [0.15, 0.2) is 11.5 Å². The van der Waals surface area contributed by atoms with E-state index in [9.17, 15) is 4.79 Å². The molecular weight excluding hydrogens is 374 g/mol. The van der Waals surface area contributed by atoms with Gasteiger partial charge >= 0.3 is 0 Å². The number of morpholine rings is 1. The van der Waals surface area contributed by atoms with Gasteiger partial charge in [-0.05, 0) is 12.1 Å². The molecule has 1 aromatic heterocycles. The van der Waals surface area contributed by atoms with Crippen LogP contribution in [0.3, 0.4) is 0 Å². The summed E-state index contributed by atoms with van der Waals surface area (Å²) in [4.78, 5) is 14.0. The Morgan fingerprint density at radius 3 is 2.37 bits per heavy atom. The van der Waals surface area contributed by atoms with E-state index in [0.29, 0.717) is 60.2 Å². The molecule has 146 valence electrons. The monoisotopic (exact) mass is 395 g/mol. The van der Waals surface area contributed by atoms with Crippen molar-refractivity contribution in [2.45, 2.75) is 5.22 Å². The highest BCUT2D eigenvalue weighted by molar-refractivity contribution is 7.99. The van der Waals surface area contributed by atoms with Crippen LogP contribution in [0.1, 0.15) is 0 Å². The van der Waals surface area contributed by atoms with Gasteiger partial charge in [-0.2, -0.15) is 0 Å². The van der Waals surface area contributed by atoms with Crippen molar-refractivity contribution in [3.63, 3.8) is 0 Å². The van der Waals surface area contributed by atoms with Crippen LogP contribution in [0.5, 0.6) is 17.2 Å². The summed E-state index contributed by atoms with van der Waals surface area (Å²) in [6, 6.07) is 3.45. The summed E-state index contributed by atoms with van der Waals surface area (Å²) in [6.45, 7) is 2.37. The van der Waals surface area contributed by atoms with Crippen molar-refractivity contribution >= 4 is 17.7 Å². The van der Waals surface area contributed by atoms with E-state index in [2.05, 4.69) is 10.2 Å². The molecule has 1 aromatic carbocycles. The Morgan fingerprint density at radius 2 is 1.78 bits per heavy atom. The number of carbonyl (C=O) groups excluding carboxylic acids is 1. The average Bonchev–Trinajstić information content (AvgIpc) is 3.20. The van der Waals surface area contributed by atoms with E-state index in [0.717, 1.165) is 0 Å². The third-order valence-electron chi connectivity index (χ3n) is 4.00. The molecule has 27 heavy (non-hydrogen) atoms. The van der Waals surface area contributed by atoms with Crippen molar-refractivity contribution < 1.29 is 28.2 Å². The molecule has 0 saturated carbocycles. The van der Waals surface area contributed by atoms with Crippen LogP contribution in [0.25, 0.3) is 11.5 Å². The summed E-state index contributed by atoms with van der Waals surface area (Å²) in [5, 5.41) is 8.37. The number of hydrogen-bond donors (Lipinski definition) is 0. The SMILES string of the molecule is COc1cc(-c2nnc(SCC(=O)N3CCOCC3)o2)cc(OC)c1OC. The first-order valence-electron chi connectivity index (χ1n) is 8.28. The lowest BCUT2D eigenvalue weighted by Gasteiger charge is -2.26. The number of methoxy groups -OCH3 is 3. The minimum absolute atomic E-state index is 0.0239. The first kappa shape index (κ1) is 19.3. The van der Waals surface area contributed by atoms with Crippen molar-refractivity contribution in [2.24, 2.45) is 0 Å². The zero-order valence-electron chi connectivity index (χ0n) is 15.4. The van der Waals surface area contributed by atoms with Crippen molar-refractivity contribution in [1.29, 1.82) is 0 Å². The molecule has 1 aliphatic heterocycles. The number of ether oxygens (including phenoxy) is 4. The van der Waals surface area contributed by atoms with Crippen molar-refractivity contribution in [1.82, 2.24) is 15.1 Å². The zero-order valence-corrected chi connectivity index (χ0v) is 16.2. The molecule has 2 aromatic rings. The van der Waals surface area contributed by atoms with Gasteiger partial charge in [-0.25, -0.2) is 0 Å². The Kier molecular flexibility index (Phi) is 6.40. The van der Waals surface area contributed by atoms with Crippen LogP contribution in [-0.4, -0.2) is 74.4 Å². The quantitative estimate of drug-likeness (QED) is 0.649. The van der Waals surface area contributed by atoms with E-state index in [-0.39, 0.29) is 11.7 Å². The molecule has 2 heterocycles. The van der Waals surface area contributed by atoms with Gasteiger partial charge in [0, 0.05) is 18.7 Å². The van der Waals surface area contributed by atoms with E-state index in [1.165, 1.54) is 33.1 Å². The number of benzene rings is 1. The number of amides is 1. The number of carbonyl (C=O) groups is 1. The highest BCUT2D eigenvalue weighted by atomic mass is 32.2. The van der Waals surface area contributed by atoms with Gasteiger partial charge in [-0.1, -0.05) is 11.8 Å². The topological polar surface area (TPSA) is 96.2 Å². The molecule has 0 atom stereocenters. The first-order valence-corrected chi connectivity index (χ1v) is 9.27. The third-order valence-corrected chi connectivity index (χ3v) is 4.80. The molecule has 1 saturated heterocycles. The Morgan fingerprint density at radius 1 is 1.11 bits per heavy atom. The molecule has 10 heteroatoms. The number of hydrogen-bond acceptors (Lipinski definition) is 9. The summed E-state index contributed by atoms with van der Waals surface area (Å²) < 4.78 is 26.9. The Hall–Kier alpha value is -2.46. The fraction of sp³-hybridized carbons (Fsp3) is 0.471. The number of rotatable bonds is 7. The van der Waals surface area contributed by atoms with Gasteiger partial charge in [-0.3, -0.25) is 4.79 Å². The molecule has 0 spiro atoms. The lowest BCUT2D eigenvalue weighted by Crippen LogP contribution is -2.41. The molecule has 9 nitrogen and oxygen atoms in total. The second-order valence-electron chi connectivity index (χ2n) is 5.57. The molecule has 0 radical (unpaired) electrons. The van der Waals surface area contributed by atoms with Gasteiger partial charge in [0.1, 0.15) is 0 Å². The van der Waals surface area contributed by atoms with E-state index in [1.807, 2.05) is 0 Å². The van der Waals surface area contributed by atoms with Crippen LogP contribution in [0.4, 0.5) is 0 Å². The van der Waals surface area contributed by atoms with Gasteiger partial charge in [0.2, 0.25) is 17.5 Å². The third kappa shape index (κ3) is 4.45. The second kappa shape index (κ2) is 8.96. The van der Waals surface area contributed by atoms with Crippen LogP contribution >= 0.6 is 11.8 Å². The Labute approximate surface area is 160 Å². The summed E-state index contributed by atoms with van der Waals surface area (Å²) in [5.41, 5.74) is 0.628. The van der Waals surface area contributed by atoms with E-state index in [4.69, 9.17) is 23.4 Å². The lowest BCUT2D eigenvalue weighted by atomic mass is 10.2. The maximum absolute atomic E-state index is 12.2. The summed E-state index contributed by atoms with van der Waals surface area (Å²) >= 11 is 1.21. The van der Waals surface area contributed by atoms with Gasteiger partial charge in [0.05, 0.1) is 40.3 Å². The standard InChI is InChI=1S/C17H21N3O6S/c1-22-12-8-11(9-13(23-2)15(12)24-3)16-18-19-17(26-16)27-10-14(21)20-4-6-25-7-5-20/h8-9H,4-7,10H2,1-3H3. The molecule has 1 aliphatic rings. The number of thioether (sulfide) groups is 1. The number of aromatic nitrogens is 2. The lowest BCUT2D eigenvalue weighted by molar-refractivity contribution is -0.132. The zero-order chi connectivity index (χ0) is 19.2. The van der Waals surface area contributed by atoms with Gasteiger partial charge in [-0.15, -0.1) is 10.2 Å². The van der Waals surface area contributed by atoms with Crippen LogP contribution in [0.15, 0.2) is 21.8 Å². The number of nitrogens with zero attached hydrogens (tertiary/aromatic N) is 3. The normalized spacial score (nSPS) is 14.1. The first-order chi connectivity index (χ1) is 13.2. The van der Waals surface area contributed by atoms with Gasteiger partial charge < -0.3 is 28.3 Å². The maximum atomic E-state index is 12.2. The highest BCUT2D eigenvalue weighted by Crippen LogP contribution is 2.41. The molecular formula is C17H21N3O6S. The van der Waals surface area contributed by atoms with Gasteiger partial charge in [0.25, 0.3) is 5.22 Å². The smallest absolute Gasteiger partial charge is 0.277 e. The molecule has 1 fully saturated rings. The minimum Gasteiger partial charge on any atom is -0.493 e. The van der Waals surface area contributed by atoms with E-state index < -0.39 is 0 Å². The predicted octanol–water partition coefficient (Wildman–Crippen LogP) is 1.71. The summed E-state index contributed by atoms with van der Waals surface area (Å²) in [6.07, 6.45) is 0. The highest BCUT2D eigenvalue weighted by Gasteiger charge is 2.20. The van der Waals surface area contributed by atoms with E-state index >= 15 is 0 Å². The van der Waals surface area contributed by atoms with Crippen LogP contribution < -0.4 is 14.2 Å².